The minimum Gasteiger partial charge on any atom is -0.356 e. The van der Waals surface area contributed by atoms with Gasteiger partial charge in [0.25, 0.3) is 11.6 Å². The summed E-state index contributed by atoms with van der Waals surface area (Å²) in [5.74, 6) is 0.484. The fraction of sp³-hybridized carbons (Fsp3) is 0.400. The quantitative estimate of drug-likeness (QED) is 0.238. The monoisotopic (exact) mass is 475 g/mol. The van der Waals surface area contributed by atoms with Crippen molar-refractivity contribution >= 4 is 51.8 Å². The van der Waals surface area contributed by atoms with Gasteiger partial charge in [-0.25, -0.2) is 14.6 Å². The molecule has 10 nitrogen and oxygen atoms in total. The van der Waals surface area contributed by atoms with E-state index in [9.17, 15) is 14.9 Å². The van der Waals surface area contributed by atoms with Crippen LogP contribution in [0.1, 0.15) is 29.6 Å². The zero-order chi connectivity index (χ0) is 22.7. The van der Waals surface area contributed by atoms with Crippen molar-refractivity contribution in [3.63, 3.8) is 0 Å². The maximum Gasteiger partial charge on any atom is 0.288 e. The van der Waals surface area contributed by atoms with E-state index < -0.39 is 10.8 Å². The number of carbonyl (C=O) groups excluding carboxylic acids is 1. The van der Waals surface area contributed by atoms with Crippen molar-refractivity contribution in [2.75, 3.05) is 30.8 Å². The van der Waals surface area contributed by atoms with Crippen LogP contribution in [0.15, 0.2) is 29.6 Å². The van der Waals surface area contributed by atoms with Crippen LogP contribution in [0, 0.1) is 10.1 Å². The second-order valence-electron chi connectivity index (χ2n) is 7.37. The summed E-state index contributed by atoms with van der Waals surface area (Å²) >= 11 is 7.29. The first-order valence-corrected chi connectivity index (χ1v) is 11.8. The van der Waals surface area contributed by atoms with Crippen LogP contribution in [0.4, 0.5) is 11.5 Å². The highest BCUT2D eigenvalue weighted by Crippen LogP contribution is 2.28. The molecule has 1 fully saturated rings. The molecule has 0 bridgehead atoms. The van der Waals surface area contributed by atoms with Gasteiger partial charge in [0.05, 0.1) is 23.1 Å². The van der Waals surface area contributed by atoms with Crippen LogP contribution in [0.3, 0.4) is 0 Å². The van der Waals surface area contributed by atoms with Gasteiger partial charge in [0.15, 0.2) is 10.8 Å². The van der Waals surface area contributed by atoms with Crippen LogP contribution >= 0.6 is 23.4 Å². The Bertz CT molecular complexity index is 1160. The second-order valence-corrected chi connectivity index (χ2v) is 8.55. The number of amides is 1. The van der Waals surface area contributed by atoms with Gasteiger partial charge in [0, 0.05) is 31.3 Å². The number of benzene rings is 1. The summed E-state index contributed by atoms with van der Waals surface area (Å²) in [6.07, 6.45) is 7.23. The van der Waals surface area contributed by atoms with E-state index in [-0.39, 0.29) is 22.8 Å². The van der Waals surface area contributed by atoms with E-state index in [4.69, 9.17) is 16.6 Å². The van der Waals surface area contributed by atoms with Gasteiger partial charge in [0.2, 0.25) is 0 Å². The normalized spacial score (nSPS) is 14.0. The molecule has 168 valence electrons. The zero-order valence-corrected chi connectivity index (χ0v) is 19.0. The summed E-state index contributed by atoms with van der Waals surface area (Å²) in [7, 11) is 0. The number of rotatable bonds is 7. The standard InChI is InChI=1S/C20H22ClN7O3S/c1-32-20-24-17(26-8-3-2-4-9-26)14-12-23-27(18(14)25-20)10-7-22-19(29)13-5-6-15(21)16(11-13)28(30)31/h5-6,11-12H,2-4,7-10H2,1H3,(H,22,29). The zero-order valence-electron chi connectivity index (χ0n) is 17.5. The van der Waals surface area contributed by atoms with E-state index in [1.54, 1.807) is 10.9 Å². The molecular weight excluding hydrogens is 454 g/mol. The van der Waals surface area contributed by atoms with Crippen LogP contribution < -0.4 is 10.2 Å². The molecule has 0 radical (unpaired) electrons. The van der Waals surface area contributed by atoms with Gasteiger partial charge >= 0.3 is 0 Å². The first-order chi connectivity index (χ1) is 15.5. The molecule has 4 rings (SSSR count). The number of hydrogen-bond donors (Lipinski definition) is 1. The third-order valence-electron chi connectivity index (χ3n) is 5.31. The fourth-order valence-electron chi connectivity index (χ4n) is 3.69. The Morgan fingerprint density at radius 2 is 2.06 bits per heavy atom. The van der Waals surface area contributed by atoms with Gasteiger partial charge in [-0.05, 0) is 37.7 Å². The molecule has 1 aliphatic rings. The molecule has 2 aromatic heterocycles. The van der Waals surface area contributed by atoms with E-state index in [1.165, 1.54) is 36.4 Å². The predicted octanol–water partition coefficient (Wildman–Crippen LogP) is 3.53. The summed E-state index contributed by atoms with van der Waals surface area (Å²) in [6.45, 7) is 2.61. The Hall–Kier alpha value is -2.92. The van der Waals surface area contributed by atoms with E-state index in [1.807, 2.05) is 6.26 Å². The molecule has 3 heterocycles. The number of hydrogen-bond acceptors (Lipinski definition) is 8. The number of anilines is 1. The molecule has 32 heavy (non-hydrogen) atoms. The number of nitrogens with one attached hydrogen (secondary N) is 1. The number of aromatic nitrogens is 4. The van der Waals surface area contributed by atoms with Gasteiger partial charge in [-0.1, -0.05) is 23.4 Å². The maximum absolute atomic E-state index is 12.4. The van der Waals surface area contributed by atoms with E-state index in [2.05, 4.69) is 20.3 Å². The summed E-state index contributed by atoms with van der Waals surface area (Å²) in [5.41, 5.74) is 0.594. The van der Waals surface area contributed by atoms with Gasteiger partial charge in [-0.3, -0.25) is 14.9 Å². The van der Waals surface area contributed by atoms with Crippen molar-refractivity contribution < 1.29 is 9.72 Å². The Kier molecular flexibility index (Phi) is 6.75. The third-order valence-corrected chi connectivity index (χ3v) is 6.18. The van der Waals surface area contributed by atoms with Gasteiger partial charge in [0.1, 0.15) is 10.8 Å². The van der Waals surface area contributed by atoms with Crippen molar-refractivity contribution in [3.8, 4) is 0 Å². The van der Waals surface area contributed by atoms with Crippen molar-refractivity contribution in [1.29, 1.82) is 0 Å². The molecule has 1 N–H and O–H groups in total. The van der Waals surface area contributed by atoms with Crippen LogP contribution in [0.5, 0.6) is 0 Å². The number of nitro benzene ring substituents is 1. The van der Waals surface area contributed by atoms with Gasteiger partial charge < -0.3 is 10.2 Å². The lowest BCUT2D eigenvalue weighted by molar-refractivity contribution is -0.384. The van der Waals surface area contributed by atoms with Crippen molar-refractivity contribution in [2.24, 2.45) is 0 Å². The average molecular weight is 476 g/mol. The highest BCUT2D eigenvalue weighted by molar-refractivity contribution is 7.98. The smallest absolute Gasteiger partial charge is 0.288 e. The van der Waals surface area contributed by atoms with E-state index >= 15 is 0 Å². The number of fused-ring (bicyclic) bond motifs is 1. The summed E-state index contributed by atoms with van der Waals surface area (Å²) in [6, 6.07) is 3.97. The number of carbonyl (C=O) groups is 1. The molecular formula is C20H22ClN7O3S. The van der Waals surface area contributed by atoms with E-state index in [0.29, 0.717) is 11.7 Å². The molecule has 0 spiro atoms. The van der Waals surface area contributed by atoms with Crippen molar-refractivity contribution in [1.82, 2.24) is 25.1 Å². The summed E-state index contributed by atoms with van der Waals surface area (Å²) < 4.78 is 1.74. The molecule has 0 unspecified atom stereocenters. The molecule has 1 aliphatic heterocycles. The number of piperidine rings is 1. The molecule has 12 heteroatoms. The Labute approximate surface area is 193 Å². The number of nitro groups is 1. The van der Waals surface area contributed by atoms with Crippen LogP contribution in [0.2, 0.25) is 5.02 Å². The minimum absolute atomic E-state index is 0.0108. The van der Waals surface area contributed by atoms with Crippen molar-refractivity contribution in [3.05, 3.63) is 45.1 Å². The maximum atomic E-state index is 12.4. The third kappa shape index (κ3) is 4.63. The Morgan fingerprint density at radius 3 is 2.78 bits per heavy atom. The van der Waals surface area contributed by atoms with Crippen LogP contribution in [0.25, 0.3) is 11.0 Å². The molecule has 1 saturated heterocycles. The topological polar surface area (TPSA) is 119 Å². The Balaban J connectivity index is 1.49. The lowest BCUT2D eigenvalue weighted by Gasteiger charge is -2.28. The number of nitrogens with zero attached hydrogens (tertiary/aromatic N) is 6. The molecule has 0 aliphatic carbocycles. The highest BCUT2D eigenvalue weighted by atomic mass is 35.5. The predicted molar refractivity (Wildman–Crippen MR) is 124 cm³/mol. The largest absolute Gasteiger partial charge is 0.356 e. The van der Waals surface area contributed by atoms with Crippen LogP contribution in [-0.4, -0.2) is 56.5 Å². The van der Waals surface area contributed by atoms with Gasteiger partial charge in [-0.2, -0.15) is 5.10 Å². The molecule has 1 aromatic carbocycles. The number of thioether (sulfide) groups is 1. The van der Waals surface area contributed by atoms with Crippen LogP contribution in [-0.2, 0) is 6.54 Å². The second kappa shape index (κ2) is 9.70. The lowest BCUT2D eigenvalue weighted by Crippen LogP contribution is -2.30. The first-order valence-electron chi connectivity index (χ1n) is 10.2. The first kappa shape index (κ1) is 22.3. The molecule has 0 saturated carbocycles. The molecule has 3 aromatic rings. The molecule has 0 atom stereocenters. The molecule has 1 amide bonds. The van der Waals surface area contributed by atoms with E-state index in [0.717, 1.165) is 42.8 Å². The highest BCUT2D eigenvalue weighted by Gasteiger charge is 2.20. The fourth-order valence-corrected chi connectivity index (χ4v) is 4.24. The Morgan fingerprint density at radius 1 is 1.28 bits per heavy atom. The SMILES string of the molecule is CSc1nc(N2CCCCC2)c2cnn(CCNC(=O)c3ccc(Cl)c([N+](=O)[O-])c3)c2n1. The summed E-state index contributed by atoms with van der Waals surface area (Å²) in [5, 5.41) is 19.8. The van der Waals surface area contributed by atoms with Gasteiger partial charge in [-0.15, -0.1) is 0 Å². The number of halogens is 1. The van der Waals surface area contributed by atoms with Crippen molar-refractivity contribution in [2.45, 2.75) is 31.0 Å². The summed E-state index contributed by atoms with van der Waals surface area (Å²) in [4.78, 5) is 34.5. The minimum atomic E-state index is -0.613. The average Bonchev–Trinajstić information content (AvgIpc) is 3.21. The lowest BCUT2D eigenvalue weighted by atomic mass is 10.1.